The second-order valence-corrected chi connectivity index (χ2v) is 7.56. The van der Waals surface area contributed by atoms with Crippen LogP contribution in [-0.4, -0.2) is 42.3 Å². The lowest BCUT2D eigenvalue weighted by molar-refractivity contribution is -0.139. The molecule has 0 heterocycles. The number of rotatable bonds is 12. The van der Waals surface area contributed by atoms with Gasteiger partial charge in [0.15, 0.2) is 0 Å². The van der Waals surface area contributed by atoms with E-state index in [9.17, 15) is 15.1 Å². The van der Waals surface area contributed by atoms with Gasteiger partial charge in [0.05, 0.1) is 37.5 Å². The van der Waals surface area contributed by atoms with E-state index in [1.807, 2.05) is 13.8 Å². The van der Waals surface area contributed by atoms with Crippen molar-refractivity contribution in [3.05, 3.63) is 52.0 Å². The topological polar surface area (TPSA) is 97.6 Å². The van der Waals surface area contributed by atoms with Crippen molar-refractivity contribution in [2.75, 3.05) is 20.3 Å². The molecule has 2 rings (SSSR count). The molecule has 0 radical (unpaired) electrons. The second-order valence-electron chi connectivity index (χ2n) is 7.16. The third-order valence-corrected chi connectivity index (χ3v) is 5.18. The Bertz CT molecular complexity index is 944. The Morgan fingerprint density at radius 2 is 1.78 bits per heavy atom. The highest BCUT2D eigenvalue weighted by Crippen LogP contribution is 2.33. The van der Waals surface area contributed by atoms with Crippen molar-refractivity contribution in [2.45, 2.75) is 46.0 Å². The first-order valence-corrected chi connectivity index (χ1v) is 11.0. The van der Waals surface area contributed by atoms with Crippen LogP contribution < -0.4 is 9.47 Å². The van der Waals surface area contributed by atoms with E-state index < -0.39 is 0 Å². The van der Waals surface area contributed by atoms with Gasteiger partial charge >= 0.3 is 5.97 Å². The molecule has 2 N–H and O–H groups in total. The fraction of sp³-hybridized carbons (Fsp3) is 0.417. The van der Waals surface area contributed by atoms with Crippen LogP contribution in [0.15, 0.2) is 35.5 Å². The molecular formula is C24H30ClNO6. The summed E-state index contributed by atoms with van der Waals surface area (Å²) < 4.78 is 16.3. The molecule has 0 bridgehead atoms. The van der Waals surface area contributed by atoms with Crippen molar-refractivity contribution in [3.8, 4) is 17.2 Å². The number of phenols is 1. The summed E-state index contributed by atoms with van der Waals surface area (Å²) in [4.78, 5) is 11.4. The molecule has 0 aromatic heterocycles. The van der Waals surface area contributed by atoms with Crippen molar-refractivity contribution >= 4 is 23.3 Å². The minimum absolute atomic E-state index is 0.0917. The molecule has 7 nitrogen and oxygen atoms in total. The standard InChI is InChI=1S/C24H30ClNO6/c1-4-7-18-21(11-9-17(24(18)28)20(5-2)26-29)31-12-6-13-32-22-10-8-16(14-19(22)25)15-23(27)30-3/h8-11,14,28-29H,4-7,12-13,15H2,1-3H3/b26-20+. The Kier molecular flexibility index (Phi) is 10.1. The zero-order chi connectivity index (χ0) is 23.5. The number of carbonyl (C=O) groups is 1. The summed E-state index contributed by atoms with van der Waals surface area (Å²) in [6.45, 7) is 4.66. The van der Waals surface area contributed by atoms with Gasteiger partial charge in [-0.2, -0.15) is 0 Å². The molecule has 8 heteroatoms. The number of aromatic hydroxyl groups is 1. The van der Waals surface area contributed by atoms with E-state index in [4.69, 9.17) is 21.1 Å². The summed E-state index contributed by atoms with van der Waals surface area (Å²) in [5, 5.41) is 23.5. The van der Waals surface area contributed by atoms with E-state index in [2.05, 4.69) is 9.89 Å². The first-order valence-electron chi connectivity index (χ1n) is 10.6. The zero-order valence-corrected chi connectivity index (χ0v) is 19.4. The minimum Gasteiger partial charge on any atom is -0.507 e. The van der Waals surface area contributed by atoms with Crippen molar-refractivity contribution < 1.29 is 29.3 Å². The molecule has 0 atom stereocenters. The van der Waals surface area contributed by atoms with E-state index in [1.54, 1.807) is 30.3 Å². The van der Waals surface area contributed by atoms with Crippen molar-refractivity contribution in [1.82, 2.24) is 0 Å². The monoisotopic (exact) mass is 463 g/mol. The van der Waals surface area contributed by atoms with Gasteiger partial charge in [0.2, 0.25) is 0 Å². The summed E-state index contributed by atoms with van der Waals surface area (Å²) in [5.74, 6) is 0.896. The molecule has 0 aliphatic carbocycles. The van der Waals surface area contributed by atoms with Gasteiger partial charge < -0.3 is 24.5 Å². The number of ether oxygens (including phenoxy) is 3. The van der Waals surface area contributed by atoms with E-state index in [-0.39, 0.29) is 18.1 Å². The molecule has 2 aromatic rings. The smallest absolute Gasteiger partial charge is 0.309 e. The Balaban J connectivity index is 1.94. The third-order valence-electron chi connectivity index (χ3n) is 4.88. The van der Waals surface area contributed by atoms with Crippen LogP contribution in [0.1, 0.15) is 49.8 Å². The van der Waals surface area contributed by atoms with Crippen LogP contribution in [0.4, 0.5) is 0 Å². The molecule has 0 aliphatic rings. The van der Waals surface area contributed by atoms with E-state index >= 15 is 0 Å². The van der Waals surface area contributed by atoms with Gasteiger partial charge in [-0.1, -0.05) is 43.1 Å². The quantitative estimate of drug-likeness (QED) is 0.148. The molecule has 0 fully saturated rings. The maximum absolute atomic E-state index is 11.4. The fourth-order valence-corrected chi connectivity index (χ4v) is 3.48. The average molecular weight is 464 g/mol. The molecule has 0 spiro atoms. The van der Waals surface area contributed by atoms with Crippen LogP contribution in [0.2, 0.25) is 5.02 Å². The van der Waals surface area contributed by atoms with Crippen LogP contribution in [0.5, 0.6) is 17.2 Å². The van der Waals surface area contributed by atoms with Gasteiger partial charge in [0.25, 0.3) is 0 Å². The molecule has 32 heavy (non-hydrogen) atoms. The van der Waals surface area contributed by atoms with E-state index in [1.165, 1.54) is 7.11 Å². The Hall–Kier alpha value is -2.93. The third kappa shape index (κ3) is 6.79. The van der Waals surface area contributed by atoms with Gasteiger partial charge in [-0.25, -0.2) is 0 Å². The van der Waals surface area contributed by atoms with Crippen molar-refractivity contribution in [1.29, 1.82) is 0 Å². The maximum Gasteiger partial charge on any atom is 0.309 e. The van der Waals surface area contributed by atoms with Gasteiger partial charge in [-0.3, -0.25) is 4.79 Å². The Morgan fingerprint density at radius 3 is 2.38 bits per heavy atom. The number of benzene rings is 2. The number of carbonyl (C=O) groups excluding carboxylic acids is 1. The largest absolute Gasteiger partial charge is 0.507 e. The highest BCUT2D eigenvalue weighted by molar-refractivity contribution is 6.32. The normalized spacial score (nSPS) is 11.3. The summed E-state index contributed by atoms with van der Waals surface area (Å²) >= 11 is 6.24. The Labute approximate surface area is 193 Å². The lowest BCUT2D eigenvalue weighted by Crippen LogP contribution is -2.08. The summed E-state index contributed by atoms with van der Waals surface area (Å²) in [6, 6.07) is 8.68. The summed E-state index contributed by atoms with van der Waals surface area (Å²) in [6.07, 6.45) is 2.73. The first kappa shape index (κ1) is 25.3. The number of hydrogen-bond donors (Lipinski definition) is 2. The number of hydrogen-bond acceptors (Lipinski definition) is 7. The number of esters is 1. The predicted molar refractivity (Wildman–Crippen MR) is 123 cm³/mol. The highest BCUT2D eigenvalue weighted by atomic mass is 35.5. The molecule has 0 unspecified atom stereocenters. The van der Waals surface area contributed by atoms with Crippen LogP contribution in [0.3, 0.4) is 0 Å². The summed E-state index contributed by atoms with van der Waals surface area (Å²) in [7, 11) is 1.34. The van der Waals surface area contributed by atoms with E-state index in [0.717, 1.165) is 12.0 Å². The zero-order valence-electron chi connectivity index (χ0n) is 18.7. The van der Waals surface area contributed by atoms with Crippen molar-refractivity contribution in [3.63, 3.8) is 0 Å². The molecule has 0 aliphatic heterocycles. The molecule has 0 amide bonds. The van der Waals surface area contributed by atoms with Gasteiger partial charge in [-0.05, 0) is 42.7 Å². The van der Waals surface area contributed by atoms with Crippen molar-refractivity contribution in [2.24, 2.45) is 5.16 Å². The number of nitrogens with zero attached hydrogens (tertiary/aromatic N) is 1. The van der Waals surface area contributed by atoms with Gasteiger partial charge in [0.1, 0.15) is 17.2 Å². The SMILES string of the molecule is CCCc1c(OCCCOc2ccc(CC(=O)OC)cc2Cl)ccc(/C(CC)=N/O)c1O. The molecular weight excluding hydrogens is 434 g/mol. The number of methoxy groups -OCH3 is 1. The lowest BCUT2D eigenvalue weighted by Gasteiger charge is -2.16. The predicted octanol–water partition coefficient (Wildman–Crippen LogP) is 5.15. The maximum atomic E-state index is 11.4. The molecule has 2 aromatic carbocycles. The lowest BCUT2D eigenvalue weighted by atomic mass is 9.99. The first-order chi connectivity index (χ1) is 15.4. The summed E-state index contributed by atoms with van der Waals surface area (Å²) in [5.41, 5.74) is 2.39. The van der Waals surface area contributed by atoms with E-state index in [0.29, 0.717) is 65.8 Å². The average Bonchev–Trinajstić information content (AvgIpc) is 2.78. The number of halogens is 1. The molecule has 0 saturated carbocycles. The second kappa shape index (κ2) is 12.8. The van der Waals surface area contributed by atoms with Crippen LogP contribution >= 0.6 is 11.6 Å². The van der Waals surface area contributed by atoms with Crippen LogP contribution in [-0.2, 0) is 22.4 Å². The fourth-order valence-electron chi connectivity index (χ4n) is 3.23. The molecule has 0 saturated heterocycles. The molecule has 174 valence electrons. The van der Waals surface area contributed by atoms with Crippen LogP contribution in [0, 0.1) is 0 Å². The minimum atomic E-state index is -0.331. The Morgan fingerprint density at radius 1 is 1.09 bits per heavy atom. The van der Waals surface area contributed by atoms with Gasteiger partial charge in [-0.15, -0.1) is 0 Å². The van der Waals surface area contributed by atoms with Gasteiger partial charge in [0, 0.05) is 17.5 Å². The highest BCUT2D eigenvalue weighted by Gasteiger charge is 2.16. The number of oxime groups is 1. The van der Waals surface area contributed by atoms with Crippen LogP contribution in [0.25, 0.3) is 0 Å². The number of phenolic OH excluding ortho intramolecular Hbond substituents is 1.